The molecule has 18 heavy (non-hydrogen) atoms. The first kappa shape index (κ1) is 13.2. The van der Waals surface area contributed by atoms with Crippen LogP contribution in [-0.2, 0) is 0 Å². The minimum atomic E-state index is 0.814. The standard InChI is InChI=1S/C15H25N3/c1-3-5-13-6-4-10-18(11-9-13)15-14(16)8-7-12(2)17-15/h7-8,13H,3-6,9-11,16H2,1-2H3. The smallest absolute Gasteiger partial charge is 0.152 e. The highest BCUT2D eigenvalue weighted by atomic mass is 15.2. The molecule has 1 atom stereocenters. The number of nitrogens with zero attached hydrogens (tertiary/aromatic N) is 2. The lowest BCUT2D eigenvalue weighted by Crippen LogP contribution is -2.26. The Morgan fingerprint density at radius 2 is 2.17 bits per heavy atom. The van der Waals surface area contributed by atoms with Crippen LogP contribution in [0.4, 0.5) is 11.5 Å². The molecule has 1 aromatic heterocycles. The molecule has 0 aromatic carbocycles. The average Bonchev–Trinajstić information content (AvgIpc) is 2.58. The van der Waals surface area contributed by atoms with Crippen LogP contribution in [0.25, 0.3) is 0 Å². The Balaban J connectivity index is 2.07. The van der Waals surface area contributed by atoms with E-state index in [1.165, 1.54) is 32.1 Å². The molecule has 3 nitrogen and oxygen atoms in total. The summed E-state index contributed by atoms with van der Waals surface area (Å²) in [5.74, 6) is 1.89. The van der Waals surface area contributed by atoms with E-state index >= 15 is 0 Å². The van der Waals surface area contributed by atoms with Gasteiger partial charge in [0.2, 0.25) is 0 Å². The Morgan fingerprint density at radius 3 is 2.94 bits per heavy atom. The molecule has 2 heterocycles. The minimum Gasteiger partial charge on any atom is -0.396 e. The van der Waals surface area contributed by atoms with E-state index in [-0.39, 0.29) is 0 Å². The predicted molar refractivity (Wildman–Crippen MR) is 77.8 cm³/mol. The molecular weight excluding hydrogens is 222 g/mol. The minimum absolute atomic E-state index is 0.814. The third-order valence-electron chi connectivity index (χ3n) is 3.89. The second-order valence-corrected chi connectivity index (χ2v) is 5.44. The first-order chi connectivity index (χ1) is 8.70. The van der Waals surface area contributed by atoms with Gasteiger partial charge in [-0.2, -0.15) is 0 Å². The van der Waals surface area contributed by atoms with Gasteiger partial charge < -0.3 is 10.6 Å². The van der Waals surface area contributed by atoms with Crippen molar-refractivity contribution in [3.8, 4) is 0 Å². The quantitative estimate of drug-likeness (QED) is 0.890. The maximum Gasteiger partial charge on any atom is 0.152 e. The number of aryl methyl sites for hydroxylation is 1. The summed E-state index contributed by atoms with van der Waals surface area (Å²) in [6.45, 7) is 6.51. The Kier molecular flexibility index (Phi) is 4.45. The van der Waals surface area contributed by atoms with Gasteiger partial charge in [-0.25, -0.2) is 4.98 Å². The van der Waals surface area contributed by atoms with Crippen LogP contribution in [0, 0.1) is 12.8 Å². The molecule has 1 aliphatic heterocycles. The maximum absolute atomic E-state index is 6.06. The number of nitrogens with two attached hydrogens (primary N) is 1. The lowest BCUT2D eigenvalue weighted by atomic mass is 9.96. The highest BCUT2D eigenvalue weighted by Gasteiger charge is 2.18. The second kappa shape index (κ2) is 6.07. The van der Waals surface area contributed by atoms with Crippen LogP contribution in [0.15, 0.2) is 12.1 Å². The highest BCUT2D eigenvalue weighted by Crippen LogP contribution is 2.27. The fourth-order valence-electron chi connectivity index (χ4n) is 2.88. The van der Waals surface area contributed by atoms with Crippen molar-refractivity contribution in [2.45, 2.75) is 46.0 Å². The molecule has 0 saturated carbocycles. The lowest BCUT2D eigenvalue weighted by molar-refractivity contribution is 0.435. The van der Waals surface area contributed by atoms with E-state index in [0.29, 0.717) is 0 Å². The van der Waals surface area contributed by atoms with Gasteiger partial charge in [0.1, 0.15) is 0 Å². The average molecular weight is 247 g/mol. The molecule has 1 aromatic rings. The molecule has 0 bridgehead atoms. The Morgan fingerprint density at radius 1 is 1.33 bits per heavy atom. The zero-order valence-corrected chi connectivity index (χ0v) is 11.7. The number of nitrogen functional groups attached to an aromatic ring is 1. The van der Waals surface area contributed by atoms with E-state index in [2.05, 4.69) is 16.8 Å². The lowest BCUT2D eigenvalue weighted by Gasteiger charge is -2.23. The van der Waals surface area contributed by atoms with E-state index in [9.17, 15) is 0 Å². The van der Waals surface area contributed by atoms with Crippen LogP contribution in [-0.4, -0.2) is 18.1 Å². The predicted octanol–water partition coefficient (Wildman–Crippen LogP) is 3.38. The van der Waals surface area contributed by atoms with Crippen molar-refractivity contribution < 1.29 is 0 Å². The number of hydrogen-bond acceptors (Lipinski definition) is 3. The summed E-state index contributed by atoms with van der Waals surface area (Å²) < 4.78 is 0. The van der Waals surface area contributed by atoms with Gasteiger partial charge in [0.25, 0.3) is 0 Å². The van der Waals surface area contributed by atoms with Crippen LogP contribution < -0.4 is 10.6 Å². The van der Waals surface area contributed by atoms with Gasteiger partial charge in [-0.3, -0.25) is 0 Å². The molecule has 1 unspecified atom stereocenters. The number of anilines is 2. The summed E-state index contributed by atoms with van der Waals surface area (Å²) >= 11 is 0. The van der Waals surface area contributed by atoms with Crippen LogP contribution in [0.1, 0.15) is 44.7 Å². The number of hydrogen-bond donors (Lipinski definition) is 1. The monoisotopic (exact) mass is 247 g/mol. The molecule has 0 radical (unpaired) electrons. The Labute approximate surface area is 110 Å². The van der Waals surface area contributed by atoms with Gasteiger partial charge in [-0.15, -0.1) is 0 Å². The molecule has 0 aliphatic carbocycles. The molecule has 1 aliphatic rings. The van der Waals surface area contributed by atoms with Crippen molar-refractivity contribution in [3.63, 3.8) is 0 Å². The highest BCUT2D eigenvalue weighted by molar-refractivity contribution is 5.62. The second-order valence-electron chi connectivity index (χ2n) is 5.44. The Bertz CT molecular complexity index is 389. The van der Waals surface area contributed by atoms with Crippen molar-refractivity contribution >= 4 is 11.5 Å². The molecule has 100 valence electrons. The molecule has 2 rings (SSSR count). The van der Waals surface area contributed by atoms with Gasteiger partial charge in [0.15, 0.2) is 5.82 Å². The normalized spacial score (nSPS) is 20.8. The van der Waals surface area contributed by atoms with Gasteiger partial charge >= 0.3 is 0 Å². The van der Waals surface area contributed by atoms with Crippen LogP contribution in [0.5, 0.6) is 0 Å². The summed E-state index contributed by atoms with van der Waals surface area (Å²) in [6.07, 6.45) is 6.57. The first-order valence-electron chi connectivity index (χ1n) is 7.18. The molecule has 1 saturated heterocycles. The fraction of sp³-hybridized carbons (Fsp3) is 0.667. The SMILES string of the molecule is CCCC1CCCN(c2nc(C)ccc2N)CC1. The van der Waals surface area contributed by atoms with E-state index in [1.807, 2.05) is 19.1 Å². The van der Waals surface area contributed by atoms with Gasteiger partial charge in [0, 0.05) is 18.8 Å². The zero-order chi connectivity index (χ0) is 13.0. The molecule has 2 N–H and O–H groups in total. The number of pyridine rings is 1. The van der Waals surface area contributed by atoms with Crippen LogP contribution >= 0.6 is 0 Å². The van der Waals surface area contributed by atoms with E-state index in [4.69, 9.17) is 5.73 Å². The van der Waals surface area contributed by atoms with Crippen molar-refractivity contribution in [1.29, 1.82) is 0 Å². The summed E-state index contributed by atoms with van der Waals surface area (Å²) in [5, 5.41) is 0. The van der Waals surface area contributed by atoms with Crippen molar-refractivity contribution in [2.75, 3.05) is 23.7 Å². The third-order valence-corrected chi connectivity index (χ3v) is 3.89. The molecule has 1 fully saturated rings. The number of aromatic nitrogens is 1. The zero-order valence-electron chi connectivity index (χ0n) is 11.7. The topological polar surface area (TPSA) is 42.2 Å². The van der Waals surface area contributed by atoms with E-state index < -0.39 is 0 Å². The molecule has 3 heteroatoms. The molecular formula is C15H25N3. The van der Waals surface area contributed by atoms with E-state index in [1.54, 1.807) is 0 Å². The maximum atomic E-state index is 6.06. The Hall–Kier alpha value is -1.25. The fourth-order valence-corrected chi connectivity index (χ4v) is 2.88. The van der Waals surface area contributed by atoms with Gasteiger partial charge in [-0.1, -0.05) is 19.8 Å². The van der Waals surface area contributed by atoms with Crippen molar-refractivity contribution in [2.24, 2.45) is 5.92 Å². The third kappa shape index (κ3) is 3.15. The van der Waals surface area contributed by atoms with Crippen molar-refractivity contribution in [1.82, 2.24) is 4.98 Å². The first-order valence-corrected chi connectivity index (χ1v) is 7.18. The van der Waals surface area contributed by atoms with Crippen LogP contribution in [0.2, 0.25) is 0 Å². The molecule has 0 amide bonds. The summed E-state index contributed by atoms with van der Waals surface area (Å²) in [4.78, 5) is 6.98. The summed E-state index contributed by atoms with van der Waals surface area (Å²) in [5.41, 5.74) is 7.92. The van der Waals surface area contributed by atoms with Gasteiger partial charge in [0.05, 0.1) is 5.69 Å². The van der Waals surface area contributed by atoms with Crippen molar-refractivity contribution in [3.05, 3.63) is 17.8 Å². The van der Waals surface area contributed by atoms with E-state index in [0.717, 1.165) is 36.2 Å². The summed E-state index contributed by atoms with van der Waals surface area (Å²) in [6, 6.07) is 3.96. The largest absolute Gasteiger partial charge is 0.396 e. The van der Waals surface area contributed by atoms with Gasteiger partial charge in [-0.05, 0) is 44.2 Å². The molecule has 0 spiro atoms. The number of rotatable bonds is 3. The summed E-state index contributed by atoms with van der Waals surface area (Å²) in [7, 11) is 0. The van der Waals surface area contributed by atoms with Crippen LogP contribution in [0.3, 0.4) is 0 Å².